The summed E-state index contributed by atoms with van der Waals surface area (Å²) in [5.74, 6) is 0.0579. The molecule has 0 saturated heterocycles. The average Bonchev–Trinajstić information content (AvgIpc) is 2.81. The number of allylic oxidation sites excluding steroid dienone is 2. The quantitative estimate of drug-likeness (QED) is 0.859. The van der Waals surface area contributed by atoms with E-state index in [1.54, 1.807) is 6.07 Å². The molecule has 1 aromatic carbocycles. The van der Waals surface area contributed by atoms with Gasteiger partial charge in [-0.1, -0.05) is 18.2 Å². The van der Waals surface area contributed by atoms with Crippen LogP contribution >= 0.6 is 0 Å². The maximum Gasteiger partial charge on any atom is 0.178 e. The third-order valence-electron chi connectivity index (χ3n) is 3.22. The fourth-order valence-electron chi connectivity index (χ4n) is 2.26. The van der Waals surface area contributed by atoms with Crippen LogP contribution in [0.15, 0.2) is 53.0 Å². The highest BCUT2D eigenvalue weighted by atomic mass is 16.4. The Morgan fingerprint density at radius 1 is 1.16 bits per heavy atom. The lowest BCUT2D eigenvalue weighted by atomic mass is 9.92. The molecule has 0 atom stereocenters. The minimum absolute atomic E-state index is 0.189. The molecular formula is C15H12O4. The van der Waals surface area contributed by atoms with Crippen LogP contribution in [0.25, 0.3) is 11.0 Å². The first-order chi connectivity index (χ1) is 9.14. The smallest absolute Gasteiger partial charge is 0.178 e. The number of rotatable bonds is 2. The third-order valence-corrected chi connectivity index (χ3v) is 3.22. The zero-order valence-electron chi connectivity index (χ0n) is 10.0. The topological polar surface area (TPSA) is 70.7 Å². The third kappa shape index (κ3) is 1.82. The molecule has 0 aliphatic heterocycles. The second-order valence-electron chi connectivity index (χ2n) is 4.46. The van der Waals surface area contributed by atoms with Gasteiger partial charge in [-0.05, 0) is 30.4 Å². The van der Waals surface area contributed by atoms with Crippen molar-refractivity contribution in [3.8, 4) is 0 Å². The summed E-state index contributed by atoms with van der Waals surface area (Å²) >= 11 is 0. The molecule has 96 valence electrons. The molecule has 0 fully saturated rings. The largest absolute Gasteiger partial charge is 0.457 e. The van der Waals surface area contributed by atoms with E-state index in [1.165, 1.54) is 24.3 Å². The second-order valence-corrected chi connectivity index (χ2v) is 4.46. The Kier molecular flexibility index (Phi) is 2.62. The van der Waals surface area contributed by atoms with Gasteiger partial charge in [0.15, 0.2) is 11.4 Å². The molecule has 4 nitrogen and oxygen atoms in total. The van der Waals surface area contributed by atoms with Gasteiger partial charge in [0.1, 0.15) is 11.3 Å². The normalized spacial score (nSPS) is 17.3. The first-order valence-corrected chi connectivity index (χ1v) is 5.90. The summed E-state index contributed by atoms with van der Waals surface area (Å²) in [6.07, 6.45) is 5.31. The zero-order valence-corrected chi connectivity index (χ0v) is 10.0. The minimum atomic E-state index is -1.50. The second kappa shape index (κ2) is 4.19. The van der Waals surface area contributed by atoms with Gasteiger partial charge in [0.05, 0.1) is 6.61 Å². The van der Waals surface area contributed by atoms with E-state index in [4.69, 9.17) is 4.42 Å². The van der Waals surface area contributed by atoms with E-state index >= 15 is 0 Å². The Labute approximate surface area is 109 Å². The van der Waals surface area contributed by atoms with Crippen LogP contribution in [0.1, 0.15) is 11.3 Å². The van der Waals surface area contributed by atoms with Gasteiger partial charge in [-0.2, -0.15) is 0 Å². The molecule has 2 N–H and O–H groups in total. The van der Waals surface area contributed by atoms with Gasteiger partial charge in [0.2, 0.25) is 0 Å². The molecule has 3 rings (SSSR count). The maximum atomic E-state index is 11.1. The van der Waals surface area contributed by atoms with Crippen LogP contribution in [-0.2, 0) is 17.0 Å². The van der Waals surface area contributed by atoms with Crippen molar-refractivity contribution in [2.75, 3.05) is 0 Å². The SMILES string of the molecule is O=C1C=CC(O)(c2oc3ccccc3c2CO)C=C1. The van der Waals surface area contributed by atoms with Gasteiger partial charge in [-0.25, -0.2) is 0 Å². The van der Waals surface area contributed by atoms with Crippen LogP contribution in [0.5, 0.6) is 0 Å². The molecule has 1 aliphatic carbocycles. The van der Waals surface area contributed by atoms with E-state index in [0.29, 0.717) is 11.1 Å². The van der Waals surface area contributed by atoms with Crippen LogP contribution < -0.4 is 0 Å². The Bertz CT molecular complexity index is 690. The summed E-state index contributed by atoms with van der Waals surface area (Å²) in [6.45, 7) is -0.246. The van der Waals surface area contributed by atoms with E-state index in [9.17, 15) is 15.0 Å². The molecular weight excluding hydrogens is 244 g/mol. The molecule has 0 unspecified atom stereocenters. The zero-order chi connectivity index (χ0) is 13.5. The van der Waals surface area contributed by atoms with Gasteiger partial charge < -0.3 is 14.6 Å². The number of furan rings is 1. The molecule has 0 radical (unpaired) electrons. The predicted molar refractivity (Wildman–Crippen MR) is 69.3 cm³/mol. The summed E-state index contributed by atoms with van der Waals surface area (Å²) in [5, 5.41) is 20.8. The molecule has 0 spiro atoms. The lowest BCUT2D eigenvalue weighted by Crippen LogP contribution is -2.23. The molecule has 1 aliphatic rings. The number of ketones is 1. The highest BCUT2D eigenvalue weighted by molar-refractivity contribution is 6.00. The standard InChI is InChI=1S/C15H12O4/c16-9-12-11-3-1-2-4-13(11)19-14(12)15(18)7-5-10(17)6-8-15/h1-8,16,18H,9H2. The first kappa shape index (κ1) is 11.9. The molecule has 2 aromatic rings. The number of carbonyl (C=O) groups excluding carboxylic acids is 1. The summed E-state index contributed by atoms with van der Waals surface area (Å²) in [4.78, 5) is 11.1. The number of benzene rings is 1. The molecule has 0 amide bonds. The number of hydrogen-bond donors (Lipinski definition) is 2. The van der Waals surface area contributed by atoms with Gasteiger partial charge >= 0.3 is 0 Å². The Balaban J connectivity index is 2.23. The highest BCUT2D eigenvalue weighted by Gasteiger charge is 2.33. The number of fused-ring (bicyclic) bond motifs is 1. The van der Waals surface area contributed by atoms with Gasteiger partial charge in [-0.3, -0.25) is 4.79 Å². The molecule has 0 bridgehead atoms. The van der Waals surface area contributed by atoms with Crippen LogP contribution in [0.4, 0.5) is 0 Å². The van der Waals surface area contributed by atoms with Crippen molar-refractivity contribution in [2.24, 2.45) is 0 Å². The van der Waals surface area contributed by atoms with Gasteiger partial charge in [0, 0.05) is 10.9 Å². The number of carbonyl (C=O) groups is 1. The van der Waals surface area contributed by atoms with Crippen molar-refractivity contribution in [3.05, 3.63) is 59.9 Å². The van der Waals surface area contributed by atoms with Crippen LogP contribution in [0.2, 0.25) is 0 Å². The molecule has 4 heteroatoms. The monoisotopic (exact) mass is 256 g/mol. The summed E-state index contributed by atoms with van der Waals surface area (Å²) in [6, 6.07) is 7.24. The van der Waals surface area contributed by atoms with E-state index in [0.717, 1.165) is 5.39 Å². The van der Waals surface area contributed by atoms with E-state index in [-0.39, 0.29) is 18.2 Å². The first-order valence-electron chi connectivity index (χ1n) is 5.90. The number of para-hydroxylation sites is 1. The van der Waals surface area contributed by atoms with Crippen LogP contribution in [0, 0.1) is 0 Å². The lowest BCUT2D eigenvalue weighted by Gasteiger charge is -2.21. The number of aliphatic hydroxyl groups is 2. The van der Waals surface area contributed by atoms with Crippen molar-refractivity contribution in [1.29, 1.82) is 0 Å². The van der Waals surface area contributed by atoms with E-state index in [2.05, 4.69) is 0 Å². The van der Waals surface area contributed by atoms with Gasteiger partial charge in [-0.15, -0.1) is 0 Å². The highest BCUT2D eigenvalue weighted by Crippen LogP contribution is 2.36. The fourth-order valence-corrected chi connectivity index (χ4v) is 2.26. The van der Waals surface area contributed by atoms with Crippen molar-refractivity contribution in [1.82, 2.24) is 0 Å². The Morgan fingerprint density at radius 3 is 2.53 bits per heavy atom. The average molecular weight is 256 g/mol. The van der Waals surface area contributed by atoms with Crippen molar-refractivity contribution >= 4 is 16.8 Å². The summed E-state index contributed by atoms with van der Waals surface area (Å²) < 4.78 is 5.64. The Hall–Kier alpha value is -2.17. The number of hydrogen-bond acceptors (Lipinski definition) is 4. The minimum Gasteiger partial charge on any atom is -0.457 e. The number of aliphatic hydroxyl groups excluding tert-OH is 1. The van der Waals surface area contributed by atoms with E-state index < -0.39 is 5.60 Å². The molecule has 1 aromatic heterocycles. The molecule has 0 saturated carbocycles. The van der Waals surface area contributed by atoms with Crippen molar-refractivity contribution in [3.63, 3.8) is 0 Å². The van der Waals surface area contributed by atoms with Crippen molar-refractivity contribution < 1.29 is 19.4 Å². The predicted octanol–water partition coefficient (Wildman–Crippen LogP) is 1.81. The fraction of sp³-hybridized carbons (Fsp3) is 0.133. The Morgan fingerprint density at radius 2 is 1.84 bits per heavy atom. The van der Waals surface area contributed by atoms with E-state index in [1.807, 2.05) is 18.2 Å². The van der Waals surface area contributed by atoms with Gasteiger partial charge in [0.25, 0.3) is 0 Å². The molecule has 1 heterocycles. The lowest BCUT2D eigenvalue weighted by molar-refractivity contribution is -0.110. The maximum absolute atomic E-state index is 11.1. The summed E-state index contributed by atoms with van der Waals surface area (Å²) in [7, 11) is 0. The van der Waals surface area contributed by atoms with Crippen LogP contribution in [-0.4, -0.2) is 16.0 Å². The van der Waals surface area contributed by atoms with Crippen LogP contribution in [0.3, 0.4) is 0 Å². The summed E-state index contributed by atoms with van der Waals surface area (Å²) in [5.41, 5.74) is -0.374. The van der Waals surface area contributed by atoms with Crippen molar-refractivity contribution in [2.45, 2.75) is 12.2 Å². The molecule has 19 heavy (non-hydrogen) atoms.